The minimum atomic E-state index is -0.166. The van der Waals surface area contributed by atoms with Crippen molar-refractivity contribution in [1.82, 2.24) is 0 Å². The third-order valence-corrected chi connectivity index (χ3v) is 3.71. The van der Waals surface area contributed by atoms with Crippen molar-refractivity contribution >= 4 is 27.5 Å². The number of amides is 1. The topological polar surface area (TPSA) is 50.9 Å². The van der Waals surface area contributed by atoms with Gasteiger partial charge in [-0.15, -0.1) is 0 Å². The predicted molar refractivity (Wildman–Crippen MR) is 83.8 cm³/mol. The summed E-state index contributed by atoms with van der Waals surface area (Å²) in [5.41, 5.74) is 1.31. The van der Waals surface area contributed by atoms with Crippen LogP contribution in [0.4, 0.5) is 5.69 Å². The Morgan fingerprint density at radius 2 is 2.05 bits per heavy atom. The third kappa shape index (κ3) is 3.83. The highest BCUT2D eigenvalue weighted by Crippen LogP contribution is 2.27. The van der Waals surface area contributed by atoms with Crippen LogP contribution in [-0.2, 0) is 4.74 Å². The van der Waals surface area contributed by atoms with E-state index in [1.54, 1.807) is 12.1 Å². The average molecular weight is 348 g/mol. The third-order valence-electron chi connectivity index (χ3n) is 3.05. The van der Waals surface area contributed by atoms with Gasteiger partial charge < -0.3 is 14.8 Å². The second kappa shape index (κ2) is 6.28. The van der Waals surface area contributed by atoms with Gasteiger partial charge in [0.05, 0.1) is 11.1 Å². The normalized spacial score (nSPS) is 16.3. The maximum absolute atomic E-state index is 12.2. The SMILES string of the molecule is O=C(Nc1ccccc1)c1ccc(Br)c(OCC2CO2)c1. The molecule has 0 aromatic heterocycles. The molecular formula is C16H14BrNO3. The molecule has 1 atom stereocenters. The minimum Gasteiger partial charge on any atom is -0.490 e. The first-order valence-corrected chi connectivity index (χ1v) is 7.42. The minimum absolute atomic E-state index is 0.166. The summed E-state index contributed by atoms with van der Waals surface area (Å²) >= 11 is 3.42. The Balaban J connectivity index is 1.71. The number of rotatable bonds is 5. The Kier molecular flexibility index (Phi) is 4.22. The summed E-state index contributed by atoms with van der Waals surface area (Å²) < 4.78 is 11.6. The van der Waals surface area contributed by atoms with Gasteiger partial charge in [-0.1, -0.05) is 18.2 Å². The smallest absolute Gasteiger partial charge is 0.255 e. The molecule has 3 rings (SSSR count). The predicted octanol–water partition coefficient (Wildman–Crippen LogP) is 3.48. The van der Waals surface area contributed by atoms with Gasteiger partial charge in [0.15, 0.2) is 0 Å². The zero-order valence-electron chi connectivity index (χ0n) is 11.2. The monoisotopic (exact) mass is 347 g/mol. The lowest BCUT2D eigenvalue weighted by atomic mass is 10.2. The molecule has 1 heterocycles. The van der Waals surface area contributed by atoms with Gasteiger partial charge in [0.1, 0.15) is 18.5 Å². The summed E-state index contributed by atoms with van der Waals surface area (Å²) in [6.07, 6.45) is 0.179. The highest BCUT2D eigenvalue weighted by molar-refractivity contribution is 9.10. The number of hydrogen-bond donors (Lipinski definition) is 1. The summed E-state index contributed by atoms with van der Waals surface area (Å²) in [6.45, 7) is 1.24. The molecule has 0 saturated carbocycles. The first-order chi connectivity index (χ1) is 10.2. The van der Waals surface area contributed by atoms with Crippen LogP contribution >= 0.6 is 15.9 Å². The van der Waals surface area contributed by atoms with Crippen LogP contribution in [0.1, 0.15) is 10.4 Å². The molecule has 0 spiro atoms. The summed E-state index contributed by atoms with van der Waals surface area (Å²) in [7, 11) is 0. The van der Waals surface area contributed by atoms with Crippen molar-refractivity contribution in [3.63, 3.8) is 0 Å². The number of anilines is 1. The van der Waals surface area contributed by atoms with E-state index in [4.69, 9.17) is 9.47 Å². The largest absolute Gasteiger partial charge is 0.490 e. The average Bonchev–Trinajstić information content (AvgIpc) is 3.31. The lowest BCUT2D eigenvalue weighted by Crippen LogP contribution is -2.12. The van der Waals surface area contributed by atoms with E-state index in [-0.39, 0.29) is 12.0 Å². The van der Waals surface area contributed by atoms with Gasteiger partial charge in [-0.25, -0.2) is 0 Å². The number of halogens is 1. The van der Waals surface area contributed by atoms with Crippen LogP contribution in [0.2, 0.25) is 0 Å². The molecule has 21 heavy (non-hydrogen) atoms. The number of nitrogens with one attached hydrogen (secondary N) is 1. The number of para-hydroxylation sites is 1. The van der Waals surface area contributed by atoms with Crippen LogP contribution in [0.15, 0.2) is 53.0 Å². The maximum atomic E-state index is 12.2. The molecule has 2 aromatic carbocycles. The molecule has 1 unspecified atom stereocenters. The fraction of sp³-hybridized carbons (Fsp3) is 0.188. The van der Waals surface area contributed by atoms with Crippen LogP contribution < -0.4 is 10.1 Å². The van der Waals surface area contributed by atoms with Crippen molar-refractivity contribution in [2.75, 3.05) is 18.5 Å². The first kappa shape index (κ1) is 14.1. The number of epoxide rings is 1. The van der Waals surface area contributed by atoms with Crippen molar-refractivity contribution < 1.29 is 14.3 Å². The lowest BCUT2D eigenvalue weighted by molar-refractivity contribution is 0.102. The summed E-state index contributed by atoms with van der Waals surface area (Å²) in [6, 6.07) is 14.6. The quantitative estimate of drug-likeness (QED) is 0.842. The number of carbonyl (C=O) groups excluding carboxylic acids is 1. The molecule has 108 valence electrons. The molecule has 0 aliphatic carbocycles. The molecule has 4 nitrogen and oxygen atoms in total. The Morgan fingerprint density at radius 1 is 1.29 bits per heavy atom. The van der Waals surface area contributed by atoms with Gasteiger partial charge in [0.25, 0.3) is 5.91 Å². The molecule has 1 N–H and O–H groups in total. The molecule has 5 heteroatoms. The Labute approximate surface area is 131 Å². The molecule has 2 aromatic rings. The Hall–Kier alpha value is -1.85. The van der Waals surface area contributed by atoms with E-state index in [0.29, 0.717) is 17.9 Å². The summed E-state index contributed by atoms with van der Waals surface area (Å²) in [5, 5.41) is 2.85. The molecule has 0 bridgehead atoms. The van der Waals surface area contributed by atoms with Crippen LogP contribution in [0.3, 0.4) is 0 Å². The van der Waals surface area contributed by atoms with E-state index in [0.717, 1.165) is 16.8 Å². The van der Waals surface area contributed by atoms with E-state index >= 15 is 0 Å². The number of hydrogen-bond acceptors (Lipinski definition) is 3. The molecule has 0 radical (unpaired) electrons. The highest BCUT2D eigenvalue weighted by Gasteiger charge is 2.23. The van der Waals surface area contributed by atoms with Crippen LogP contribution in [-0.4, -0.2) is 25.2 Å². The van der Waals surface area contributed by atoms with Crippen LogP contribution in [0.25, 0.3) is 0 Å². The van der Waals surface area contributed by atoms with Gasteiger partial charge in [-0.05, 0) is 46.3 Å². The first-order valence-electron chi connectivity index (χ1n) is 6.63. The molecule has 1 fully saturated rings. The zero-order chi connectivity index (χ0) is 14.7. The summed E-state index contributed by atoms with van der Waals surface area (Å²) in [4.78, 5) is 12.2. The second-order valence-electron chi connectivity index (χ2n) is 4.73. The van der Waals surface area contributed by atoms with Gasteiger partial charge in [0, 0.05) is 11.3 Å². The van der Waals surface area contributed by atoms with Gasteiger partial charge in [-0.2, -0.15) is 0 Å². The van der Waals surface area contributed by atoms with E-state index in [1.807, 2.05) is 36.4 Å². The van der Waals surface area contributed by atoms with Gasteiger partial charge in [-0.3, -0.25) is 4.79 Å². The highest BCUT2D eigenvalue weighted by atomic mass is 79.9. The molecule has 1 aliphatic rings. The number of carbonyl (C=O) groups is 1. The van der Waals surface area contributed by atoms with Gasteiger partial charge >= 0.3 is 0 Å². The Morgan fingerprint density at radius 3 is 2.76 bits per heavy atom. The second-order valence-corrected chi connectivity index (χ2v) is 5.59. The maximum Gasteiger partial charge on any atom is 0.255 e. The molecule has 1 amide bonds. The van der Waals surface area contributed by atoms with E-state index in [2.05, 4.69) is 21.2 Å². The van der Waals surface area contributed by atoms with Crippen molar-refractivity contribution in [3.8, 4) is 5.75 Å². The molecular weight excluding hydrogens is 334 g/mol. The fourth-order valence-corrected chi connectivity index (χ4v) is 2.19. The molecule has 1 aliphatic heterocycles. The van der Waals surface area contributed by atoms with Crippen molar-refractivity contribution in [2.45, 2.75) is 6.10 Å². The van der Waals surface area contributed by atoms with Crippen molar-refractivity contribution in [3.05, 3.63) is 58.6 Å². The van der Waals surface area contributed by atoms with Crippen molar-refractivity contribution in [1.29, 1.82) is 0 Å². The Bertz CT molecular complexity index is 641. The lowest BCUT2D eigenvalue weighted by Gasteiger charge is -2.10. The fourth-order valence-electron chi connectivity index (χ4n) is 1.83. The summed E-state index contributed by atoms with van der Waals surface area (Å²) in [5.74, 6) is 0.479. The van der Waals surface area contributed by atoms with E-state index in [1.165, 1.54) is 0 Å². The number of ether oxygens (including phenoxy) is 2. The van der Waals surface area contributed by atoms with Crippen LogP contribution in [0.5, 0.6) is 5.75 Å². The van der Waals surface area contributed by atoms with Crippen LogP contribution in [0, 0.1) is 0 Å². The zero-order valence-corrected chi connectivity index (χ0v) is 12.8. The van der Waals surface area contributed by atoms with Crippen molar-refractivity contribution in [2.24, 2.45) is 0 Å². The molecule has 1 saturated heterocycles. The van der Waals surface area contributed by atoms with E-state index < -0.39 is 0 Å². The van der Waals surface area contributed by atoms with E-state index in [9.17, 15) is 4.79 Å². The number of benzene rings is 2. The van der Waals surface area contributed by atoms with Gasteiger partial charge in [0.2, 0.25) is 0 Å². The standard InChI is InChI=1S/C16H14BrNO3/c17-14-7-6-11(8-15(14)21-10-13-9-20-13)16(19)18-12-4-2-1-3-5-12/h1-8,13H,9-10H2,(H,18,19).